The summed E-state index contributed by atoms with van der Waals surface area (Å²) in [5.41, 5.74) is 3.50. The highest BCUT2D eigenvalue weighted by molar-refractivity contribution is 5.92. The highest BCUT2D eigenvalue weighted by atomic mass is 19.1. The van der Waals surface area contributed by atoms with Gasteiger partial charge < -0.3 is 9.64 Å². The van der Waals surface area contributed by atoms with Crippen LogP contribution in [0, 0.1) is 12.0 Å². The second-order valence-corrected chi connectivity index (χ2v) is 11.5. The third-order valence-corrected chi connectivity index (χ3v) is 8.02. The SMILES string of the molecule is CCCCCCCCCCCCCCOc1ccc(CN(C(C)=O)c2ccc(CC3=N[C+]=C4C=CC=CN43)cc2)cc1F. The third-order valence-electron chi connectivity index (χ3n) is 8.02. The lowest BCUT2D eigenvalue weighted by atomic mass is 10.1. The van der Waals surface area contributed by atoms with Gasteiger partial charge in [-0.25, -0.2) is 9.29 Å². The van der Waals surface area contributed by atoms with E-state index < -0.39 is 0 Å². The van der Waals surface area contributed by atoms with E-state index in [0.29, 0.717) is 18.6 Å². The van der Waals surface area contributed by atoms with Crippen LogP contribution in [0.25, 0.3) is 0 Å². The molecule has 0 atom stereocenters. The summed E-state index contributed by atoms with van der Waals surface area (Å²) < 4.78 is 20.6. The minimum atomic E-state index is -0.390. The molecule has 0 saturated carbocycles. The van der Waals surface area contributed by atoms with Crippen LogP contribution in [0.2, 0.25) is 0 Å². The second-order valence-electron chi connectivity index (χ2n) is 11.5. The highest BCUT2D eigenvalue weighted by Gasteiger charge is 2.28. The van der Waals surface area contributed by atoms with Crippen LogP contribution in [0.5, 0.6) is 5.75 Å². The summed E-state index contributed by atoms with van der Waals surface area (Å²) >= 11 is 0. The van der Waals surface area contributed by atoms with Crippen molar-refractivity contribution in [2.75, 3.05) is 11.5 Å². The molecule has 1 amide bonds. The number of benzene rings is 2. The van der Waals surface area contributed by atoms with Crippen molar-refractivity contribution in [2.24, 2.45) is 4.99 Å². The number of anilines is 1. The van der Waals surface area contributed by atoms with Crippen LogP contribution in [0.1, 0.15) is 102 Å². The van der Waals surface area contributed by atoms with Crippen molar-refractivity contribution in [3.63, 3.8) is 0 Å². The number of rotatable bonds is 19. The summed E-state index contributed by atoms with van der Waals surface area (Å²) in [7, 11) is 0. The molecule has 2 heterocycles. The summed E-state index contributed by atoms with van der Waals surface area (Å²) in [5, 5.41) is 0. The molecule has 4 rings (SSSR count). The number of halogens is 1. The molecule has 0 saturated heterocycles. The van der Waals surface area contributed by atoms with Crippen molar-refractivity contribution in [1.82, 2.24) is 4.90 Å². The number of amidine groups is 1. The van der Waals surface area contributed by atoms with E-state index in [1.165, 1.54) is 77.2 Å². The van der Waals surface area contributed by atoms with Gasteiger partial charge in [-0.1, -0.05) is 101 Å². The van der Waals surface area contributed by atoms with Gasteiger partial charge in [-0.3, -0.25) is 4.79 Å². The molecular weight excluding hydrogens is 537 g/mol. The molecule has 228 valence electrons. The molecule has 2 aromatic carbocycles. The number of hydrogen-bond donors (Lipinski definition) is 0. The Morgan fingerprint density at radius 1 is 0.884 bits per heavy atom. The molecule has 0 radical (unpaired) electrons. The minimum absolute atomic E-state index is 0.102. The van der Waals surface area contributed by atoms with E-state index in [1.54, 1.807) is 11.0 Å². The Balaban J connectivity index is 1.17. The van der Waals surface area contributed by atoms with Gasteiger partial charge in [0.2, 0.25) is 17.4 Å². The van der Waals surface area contributed by atoms with E-state index in [4.69, 9.17) is 4.74 Å². The molecule has 0 bridgehead atoms. The number of aliphatic imine (C=N–C) groups is 1. The largest absolute Gasteiger partial charge is 0.491 e. The van der Waals surface area contributed by atoms with E-state index in [2.05, 4.69) is 18.1 Å². The predicted octanol–water partition coefficient (Wildman–Crippen LogP) is 9.44. The van der Waals surface area contributed by atoms with E-state index in [0.717, 1.165) is 35.6 Å². The summed E-state index contributed by atoms with van der Waals surface area (Å²) in [6.07, 6.45) is 27.0. The van der Waals surface area contributed by atoms with Gasteiger partial charge in [-0.2, -0.15) is 0 Å². The Kier molecular flexibility index (Phi) is 13.0. The molecule has 0 unspecified atom stereocenters. The maximum Gasteiger partial charge on any atom is 0.247 e. The number of hydrogen-bond acceptors (Lipinski definition) is 4. The topological polar surface area (TPSA) is 45.1 Å². The van der Waals surface area contributed by atoms with Crippen LogP contribution >= 0.6 is 0 Å². The number of allylic oxidation sites excluding steroid dienone is 3. The first-order valence-electron chi connectivity index (χ1n) is 16.2. The van der Waals surface area contributed by atoms with Crippen LogP contribution in [-0.2, 0) is 17.8 Å². The zero-order valence-corrected chi connectivity index (χ0v) is 26.0. The van der Waals surface area contributed by atoms with Crippen LogP contribution in [-0.4, -0.2) is 23.2 Å². The molecule has 5 nitrogen and oxygen atoms in total. The fraction of sp³-hybridized carbons (Fsp3) is 0.459. The molecule has 2 aliphatic heterocycles. The first-order valence-corrected chi connectivity index (χ1v) is 16.2. The number of carbonyl (C=O) groups excluding carboxylic acids is 1. The van der Waals surface area contributed by atoms with Gasteiger partial charge in [0.15, 0.2) is 17.8 Å². The lowest BCUT2D eigenvalue weighted by Crippen LogP contribution is -2.28. The standard InChI is InChI=1S/C37H47FN3O2/c1-3-4-5-6-7-8-9-10-11-12-13-16-25-43-36-23-20-32(26-35(36)38)29-41(30(2)42)33-21-18-31(19-22-33)27-37-39-28-34-17-14-15-24-40(34)37/h14-15,17-24,26H,3-13,16,25,27,29H2,1-2H3/q+1. The van der Waals surface area contributed by atoms with Gasteiger partial charge >= 0.3 is 0 Å². The van der Waals surface area contributed by atoms with Crippen molar-refractivity contribution in [2.45, 2.75) is 104 Å². The Morgan fingerprint density at radius 2 is 1.53 bits per heavy atom. The fourth-order valence-corrected chi connectivity index (χ4v) is 5.49. The van der Waals surface area contributed by atoms with Crippen molar-refractivity contribution in [1.29, 1.82) is 0 Å². The summed E-state index contributed by atoms with van der Waals surface area (Å²) in [6, 6.07) is 12.9. The lowest BCUT2D eigenvalue weighted by molar-refractivity contribution is -0.116. The molecule has 6 heteroatoms. The highest BCUT2D eigenvalue weighted by Crippen LogP contribution is 2.25. The summed E-state index contributed by atoms with van der Waals surface area (Å²) in [5.74, 6) is 0.686. The van der Waals surface area contributed by atoms with E-state index in [-0.39, 0.29) is 24.0 Å². The van der Waals surface area contributed by atoms with E-state index in [9.17, 15) is 9.18 Å². The van der Waals surface area contributed by atoms with Crippen molar-refractivity contribution in [3.8, 4) is 5.75 Å². The van der Waals surface area contributed by atoms with Gasteiger partial charge in [-0.05, 0) is 54.0 Å². The first-order chi connectivity index (χ1) is 21.0. The Labute approximate surface area is 257 Å². The molecule has 2 aliphatic rings. The summed E-state index contributed by atoms with van der Waals surface area (Å²) in [4.78, 5) is 20.6. The molecule has 0 N–H and O–H groups in total. The monoisotopic (exact) mass is 584 g/mol. The first kappa shape index (κ1) is 32.2. The fourth-order valence-electron chi connectivity index (χ4n) is 5.49. The second kappa shape index (κ2) is 17.4. The van der Waals surface area contributed by atoms with Crippen LogP contribution in [0.3, 0.4) is 0 Å². The van der Waals surface area contributed by atoms with Crippen molar-refractivity contribution < 1.29 is 13.9 Å². The molecular formula is C37H47FN3O2+. The molecule has 2 aromatic rings. The number of unbranched alkanes of at least 4 members (excludes halogenated alkanes) is 11. The smallest absolute Gasteiger partial charge is 0.247 e. The van der Waals surface area contributed by atoms with Gasteiger partial charge in [-0.15, -0.1) is 0 Å². The van der Waals surface area contributed by atoms with Crippen LogP contribution in [0.4, 0.5) is 10.1 Å². The van der Waals surface area contributed by atoms with Gasteiger partial charge in [0, 0.05) is 18.8 Å². The average Bonchev–Trinajstić information content (AvgIpc) is 3.42. The molecule has 0 fully saturated rings. The maximum absolute atomic E-state index is 14.9. The van der Waals surface area contributed by atoms with Crippen molar-refractivity contribution in [3.05, 3.63) is 95.7 Å². The summed E-state index contributed by atoms with van der Waals surface area (Å²) in [6.45, 7) is 4.59. The maximum atomic E-state index is 14.9. The number of fused-ring (bicyclic) bond motifs is 1. The molecule has 43 heavy (non-hydrogen) atoms. The van der Waals surface area contributed by atoms with Crippen LogP contribution < -0.4 is 9.64 Å². The number of ether oxygens (including phenoxy) is 1. The zero-order valence-electron chi connectivity index (χ0n) is 26.0. The Hall–Kier alpha value is -3.76. The Bertz CT molecular complexity index is 1300. The predicted molar refractivity (Wildman–Crippen MR) is 174 cm³/mol. The average molecular weight is 585 g/mol. The Morgan fingerprint density at radius 3 is 2.19 bits per heavy atom. The van der Waals surface area contributed by atoms with Gasteiger partial charge in [0.1, 0.15) is 0 Å². The number of nitrogens with zero attached hydrogens (tertiary/aromatic N) is 3. The van der Waals surface area contributed by atoms with E-state index in [1.807, 2.05) is 59.7 Å². The van der Waals surface area contributed by atoms with E-state index >= 15 is 0 Å². The van der Waals surface area contributed by atoms with Crippen molar-refractivity contribution >= 4 is 17.4 Å². The van der Waals surface area contributed by atoms with Gasteiger partial charge in [0.05, 0.1) is 25.6 Å². The number of amides is 1. The third kappa shape index (κ3) is 10.2. The van der Waals surface area contributed by atoms with Crippen LogP contribution in [0.15, 0.2) is 77.6 Å². The molecule has 0 aromatic heterocycles. The minimum Gasteiger partial charge on any atom is -0.491 e. The lowest BCUT2D eigenvalue weighted by Gasteiger charge is -2.22. The normalized spacial score (nSPS) is 13.4. The zero-order chi connectivity index (χ0) is 30.3. The molecule has 0 aliphatic carbocycles. The number of carbonyl (C=O) groups is 1. The quantitative estimate of drug-likeness (QED) is 0.122. The molecule has 0 spiro atoms. The van der Waals surface area contributed by atoms with Gasteiger partial charge in [0.25, 0.3) is 0 Å².